The Morgan fingerprint density at radius 3 is 2.92 bits per heavy atom. The molecule has 2 N–H and O–H groups in total. The van der Waals surface area contributed by atoms with Crippen molar-refractivity contribution in [2.24, 2.45) is 5.73 Å². The van der Waals surface area contributed by atoms with Gasteiger partial charge in [0.1, 0.15) is 0 Å². The minimum absolute atomic E-state index is 0.0500. The number of rotatable bonds is 3. The Morgan fingerprint density at radius 2 is 2.46 bits per heavy atom. The van der Waals surface area contributed by atoms with Crippen molar-refractivity contribution in [1.82, 2.24) is 9.88 Å². The van der Waals surface area contributed by atoms with E-state index in [1.165, 1.54) is 0 Å². The number of amides is 1. The molecule has 1 aromatic heterocycles. The summed E-state index contributed by atoms with van der Waals surface area (Å²) in [5, 5.41) is 1.02. The van der Waals surface area contributed by atoms with Gasteiger partial charge in [-0.2, -0.15) is 0 Å². The van der Waals surface area contributed by atoms with E-state index in [2.05, 4.69) is 4.98 Å². The standard InChI is InChI=1S/C8H13N3OS/c1-6-10-4-7(13-6)5-11(2)8(12)3-9/h4H,3,5,9H2,1-2H3. The van der Waals surface area contributed by atoms with E-state index in [0.29, 0.717) is 6.54 Å². The molecular formula is C8H13N3OS. The van der Waals surface area contributed by atoms with Crippen LogP contribution in [-0.4, -0.2) is 29.4 Å². The fourth-order valence-electron chi connectivity index (χ4n) is 0.956. The molecule has 72 valence electrons. The van der Waals surface area contributed by atoms with Gasteiger partial charge in [0.25, 0.3) is 0 Å². The summed E-state index contributed by atoms with van der Waals surface area (Å²) in [6.45, 7) is 2.61. The van der Waals surface area contributed by atoms with Gasteiger partial charge in [0.15, 0.2) is 0 Å². The summed E-state index contributed by atoms with van der Waals surface area (Å²) in [7, 11) is 1.74. The van der Waals surface area contributed by atoms with Gasteiger partial charge in [-0.05, 0) is 6.92 Å². The number of aromatic nitrogens is 1. The fourth-order valence-corrected chi connectivity index (χ4v) is 1.80. The number of hydrogen-bond donors (Lipinski definition) is 1. The third-order valence-electron chi connectivity index (χ3n) is 1.66. The van der Waals surface area contributed by atoms with E-state index < -0.39 is 0 Å². The molecular weight excluding hydrogens is 186 g/mol. The van der Waals surface area contributed by atoms with Crippen LogP contribution in [-0.2, 0) is 11.3 Å². The predicted octanol–water partition coefficient (Wildman–Crippen LogP) is 0.369. The molecule has 0 spiro atoms. The summed E-state index contributed by atoms with van der Waals surface area (Å²) in [5.74, 6) is -0.0500. The van der Waals surface area contributed by atoms with Crippen LogP contribution in [0.2, 0.25) is 0 Å². The van der Waals surface area contributed by atoms with Crippen LogP contribution < -0.4 is 5.73 Å². The maximum Gasteiger partial charge on any atom is 0.236 e. The minimum atomic E-state index is -0.0500. The Bertz CT molecular complexity index is 297. The van der Waals surface area contributed by atoms with Crippen molar-refractivity contribution < 1.29 is 4.79 Å². The lowest BCUT2D eigenvalue weighted by Crippen LogP contribution is -2.31. The lowest BCUT2D eigenvalue weighted by Gasteiger charge is -2.14. The van der Waals surface area contributed by atoms with E-state index in [0.717, 1.165) is 9.88 Å². The van der Waals surface area contributed by atoms with Gasteiger partial charge in [-0.3, -0.25) is 4.79 Å². The van der Waals surface area contributed by atoms with Crippen LogP contribution in [0.4, 0.5) is 0 Å². The molecule has 0 fully saturated rings. The van der Waals surface area contributed by atoms with Gasteiger partial charge in [-0.15, -0.1) is 11.3 Å². The molecule has 0 aromatic carbocycles. The van der Waals surface area contributed by atoms with Crippen LogP contribution in [0.3, 0.4) is 0 Å². The SMILES string of the molecule is Cc1ncc(CN(C)C(=O)CN)s1. The first-order chi connectivity index (χ1) is 6.13. The van der Waals surface area contributed by atoms with Crippen molar-refractivity contribution in [3.05, 3.63) is 16.1 Å². The summed E-state index contributed by atoms with van der Waals surface area (Å²) in [5.41, 5.74) is 5.23. The van der Waals surface area contributed by atoms with Crippen LogP contribution in [0.15, 0.2) is 6.20 Å². The van der Waals surface area contributed by atoms with E-state index in [-0.39, 0.29) is 12.5 Å². The lowest BCUT2D eigenvalue weighted by molar-refractivity contribution is -0.128. The van der Waals surface area contributed by atoms with E-state index in [4.69, 9.17) is 5.73 Å². The number of carbonyl (C=O) groups is 1. The fraction of sp³-hybridized carbons (Fsp3) is 0.500. The zero-order valence-corrected chi connectivity index (χ0v) is 8.60. The molecule has 1 aromatic rings. The Labute approximate surface area is 81.4 Å². The highest BCUT2D eigenvalue weighted by atomic mass is 32.1. The molecule has 0 saturated carbocycles. The van der Waals surface area contributed by atoms with Crippen LogP contribution >= 0.6 is 11.3 Å². The first kappa shape index (κ1) is 10.1. The summed E-state index contributed by atoms with van der Waals surface area (Å²) in [4.78, 5) is 17.9. The van der Waals surface area contributed by atoms with Gasteiger partial charge in [-0.25, -0.2) is 4.98 Å². The summed E-state index contributed by atoms with van der Waals surface area (Å²) < 4.78 is 0. The molecule has 1 rings (SSSR count). The van der Waals surface area contributed by atoms with Gasteiger partial charge in [-0.1, -0.05) is 0 Å². The molecule has 0 saturated heterocycles. The maximum absolute atomic E-state index is 11.1. The molecule has 5 heteroatoms. The van der Waals surface area contributed by atoms with Crippen molar-refractivity contribution in [2.45, 2.75) is 13.5 Å². The highest BCUT2D eigenvalue weighted by molar-refractivity contribution is 7.11. The first-order valence-electron chi connectivity index (χ1n) is 3.99. The molecule has 0 radical (unpaired) electrons. The Balaban J connectivity index is 2.54. The Hall–Kier alpha value is -0.940. The molecule has 0 unspecified atom stereocenters. The number of hydrogen-bond acceptors (Lipinski definition) is 4. The molecule has 0 aliphatic rings. The summed E-state index contributed by atoms with van der Waals surface area (Å²) in [6.07, 6.45) is 1.79. The molecule has 13 heavy (non-hydrogen) atoms. The molecule has 1 heterocycles. The maximum atomic E-state index is 11.1. The normalized spacial score (nSPS) is 10.1. The van der Waals surface area contributed by atoms with Crippen LogP contribution in [0.5, 0.6) is 0 Å². The Morgan fingerprint density at radius 1 is 1.77 bits per heavy atom. The van der Waals surface area contributed by atoms with E-state index in [1.807, 2.05) is 6.92 Å². The van der Waals surface area contributed by atoms with Crippen LogP contribution in [0.1, 0.15) is 9.88 Å². The minimum Gasteiger partial charge on any atom is -0.339 e. The second-order valence-corrected chi connectivity index (χ2v) is 4.12. The van der Waals surface area contributed by atoms with Gasteiger partial charge in [0, 0.05) is 18.1 Å². The number of likely N-dealkylation sites (N-methyl/N-ethyl adjacent to an activating group) is 1. The molecule has 0 aliphatic carbocycles. The highest BCUT2D eigenvalue weighted by Gasteiger charge is 2.07. The van der Waals surface area contributed by atoms with Gasteiger partial charge < -0.3 is 10.6 Å². The third-order valence-corrected chi connectivity index (χ3v) is 2.56. The second-order valence-electron chi connectivity index (χ2n) is 2.80. The molecule has 0 atom stereocenters. The zero-order chi connectivity index (χ0) is 9.84. The van der Waals surface area contributed by atoms with Crippen molar-refractivity contribution >= 4 is 17.2 Å². The van der Waals surface area contributed by atoms with Gasteiger partial charge in [0.2, 0.25) is 5.91 Å². The zero-order valence-electron chi connectivity index (χ0n) is 7.78. The monoisotopic (exact) mass is 199 g/mol. The largest absolute Gasteiger partial charge is 0.339 e. The quantitative estimate of drug-likeness (QED) is 0.765. The average molecular weight is 199 g/mol. The van der Waals surface area contributed by atoms with Crippen molar-refractivity contribution in [3.63, 3.8) is 0 Å². The Kier molecular flexibility index (Phi) is 3.39. The van der Waals surface area contributed by atoms with Gasteiger partial charge in [0.05, 0.1) is 18.1 Å². The summed E-state index contributed by atoms with van der Waals surface area (Å²) in [6, 6.07) is 0. The smallest absolute Gasteiger partial charge is 0.236 e. The molecule has 0 aliphatic heterocycles. The average Bonchev–Trinajstić information content (AvgIpc) is 2.49. The number of carbonyl (C=O) groups excluding carboxylic acids is 1. The van der Waals surface area contributed by atoms with Crippen molar-refractivity contribution in [3.8, 4) is 0 Å². The summed E-state index contributed by atoms with van der Waals surface area (Å²) >= 11 is 1.60. The van der Waals surface area contributed by atoms with E-state index in [1.54, 1.807) is 29.5 Å². The number of thiazole rings is 1. The van der Waals surface area contributed by atoms with Crippen LogP contribution in [0.25, 0.3) is 0 Å². The van der Waals surface area contributed by atoms with E-state index >= 15 is 0 Å². The number of nitrogens with two attached hydrogens (primary N) is 1. The number of aryl methyl sites for hydroxylation is 1. The molecule has 1 amide bonds. The predicted molar refractivity (Wildman–Crippen MR) is 52.4 cm³/mol. The molecule has 0 bridgehead atoms. The van der Waals surface area contributed by atoms with Gasteiger partial charge >= 0.3 is 0 Å². The van der Waals surface area contributed by atoms with Crippen molar-refractivity contribution in [2.75, 3.05) is 13.6 Å². The number of nitrogens with zero attached hydrogens (tertiary/aromatic N) is 2. The first-order valence-corrected chi connectivity index (χ1v) is 4.80. The highest BCUT2D eigenvalue weighted by Crippen LogP contribution is 2.12. The lowest BCUT2D eigenvalue weighted by atomic mass is 10.4. The topological polar surface area (TPSA) is 59.2 Å². The van der Waals surface area contributed by atoms with E-state index in [9.17, 15) is 4.79 Å². The third kappa shape index (κ3) is 2.78. The molecule has 4 nitrogen and oxygen atoms in total. The van der Waals surface area contributed by atoms with Crippen molar-refractivity contribution in [1.29, 1.82) is 0 Å². The van der Waals surface area contributed by atoms with Crippen LogP contribution in [0, 0.1) is 6.92 Å². The second kappa shape index (κ2) is 4.34.